The van der Waals surface area contributed by atoms with Gasteiger partial charge in [0, 0.05) is 18.0 Å². The van der Waals surface area contributed by atoms with Crippen LogP contribution in [0.4, 0.5) is 0 Å². The Kier molecular flexibility index (Phi) is 3.85. The minimum Gasteiger partial charge on any atom is -0.374 e. The summed E-state index contributed by atoms with van der Waals surface area (Å²) in [6, 6.07) is 1.47. The predicted molar refractivity (Wildman–Crippen MR) is 90.8 cm³/mol. The van der Waals surface area contributed by atoms with Crippen molar-refractivity contribution in [2.75, 3.05) is 0 Å². The summed E-state index contributed by atoms with van der Waals surface area (Å²) in [5.74, 6) is 3.50. The Balaban J connectivity index is 1.40. The van der Waals surface area contributed by atoms with Gasteiger partial charge in [0.2, 0.25) is 0 Å². The summed E-state index contributed by atoms with van der Waals surface area (Å²) >= 11 is 0. The summed E-state index contributed by atoms with van der Waals surface area (Å²) < 4.78 is 6.21. The van der Waals surface area contributed by atoms with Crippen molar-refractivity contribution >= 4 is 0 Å². The average Bonchev–Trinajstić information content (AvgIpc) is 3.06. The standard InChI is InChI=1S/C20H35NO/c1-12(18-15-9-6-10-17(15)22-18)11-16-13-7-5-8-14(13)19(21-16)20(2,3)4/h12-19,21H,5-11H2,1-4H3. The van der Waals surface area contributed by atoms with Crippen molar-refractivity contribution in [2.45, 2.75) is 96.9 Å². The van der Waals surface area contributed by atoms with Gasteiger partial charge in [-0.2, -0.15) is 0 Å². The molecule has 22 heavy (non-hydrogen) atoms. The number of fused-ring (bicyclic) bond motifs is 2. The van der Waals surface area contributed by atoms with Crippen molar-refractivity contribution in [3.05, 3.63) is 0 Å². The first-order valence-electron chi connectivity index (χ1n) is 9.86. The third kappa shape index (κ3) is 2.45. The molecule has 2 aliphatic carbocycles. The monoisotopic (exact) mass is 305 g/mol. The Morgan fingerprint density at radius 1 is 1.00 bits per heavy atom. The first-order chi connectivity index (χ1) is 10.4. The van der Waals surface area contributed by atoms with Gasteiger partial charge in [-0.25, -0.2) is 0 Å². The van der Waals surface area contributed by atoms with Crippen molar-refractivity contribution in [1.29, 1.82) is 0 Å². The van der Waals surface area contributed by atoms with E-state index in [0.29, 0.717) is 17.6 Å². The van der Waals surface area contributed by atoms with Gasteiger partial charge in [0.25, 0.3) is 0 Å². The molecule has 0 aromatic carbocycles. The van der Waals surface area contributed by atoms with Crippen LogP contribution >= 0.6 is 0 Å². The maximum atomic E-state index is 6.21. The van der Waals surface area contributed by atoms with Crippen LogP contribution in [0.2, 0.25) is 0 Å². The molecule has 2 saturated heterocycles. The summed E-state index contributed by atoms with van der Waals surface area (Å²) in [5.41, 5.74) is 0.398. The normalized spacial score (nSPS) is 48.8. The lowest BCUT2D eigenvalue weighted by Crippen LogP contribution is -2.50. The van der Waals surface area contributed by atoms with Crippen molar-refractivity contribution < 1.29 is 4.74 Å². The molecule has 0 bridgehead atoms. The highest BCUT2D eigenvalue weighted by molar-refractivity contribution is 5.05. The molecule has 8 unspecified atom stereocenters. The SMILES string of the molecule is CC(CC1NC(C(C)(C)C)C2CCCC12)C1OC2CCCC21. The second-order valence-corrected chi connectivity index (χ2v) is 9.82. The van der Waals surface area contributed by atoms with Gasteiger partial charge in [-0.15, -0.1) is 0 Å². The van der Waals surface area contributed by atoms with Gasteiger partial charge in [0.05, 0.1) is 12.2 Å². The van der Waals surface area contributed by atoms with Gasteiger partial charge in [0.1, 0.15) is 0 Å². The Labute approximate surface area is 136 Å². The molecule has 2 nitrogen and oxygen atoms in total. The summed E-state index contributed by atoms with van der Waals surface area (Å²) in [5, 5.41) is 4.07. The third-order valence-electron chi connectivity index (χ3n) is 7.34. The fraction of sp³-hybridized carbons (Fsp3) is 1.00. The maximum absolute atomic E-state index is 6.21. The zero-order valence-electron chi connectivity index (χ0n) is 15.0. The van der Waals surface area contributed by atoms with Crippen LogP contribution in [0.25, 0.3) is 0 Å². The van der Waals surface area contributed by atoms with Crippen LogP contribution in [0.5, 0.6) is 0 Å². The van der Waals surface area contributed by atoms with Crippen molar-refractivity contribution in [3.63, 3.8) is 0 Å². The first kappa shape index (κ1) is 15.4. The van der Waals surface area contributed by atoms with E-state index in [1.165, 1.54) is 44.9 Å². The molecule has 2 heteroatoms. The molecular weight excluding hydrogens is 270 g/mol. The molecule has 2 heterocycles. The molecule has 0 radical (unpaired) electrons. The molecule has 0 spiro atoms. The van der Waals surface area contributed by atoms with Crippen LogP contribution in [0, 0.1) is 29.1 Å². The highest BCUT2D eigenvalue weighted by Crippen LogP contribution is 2.50. The van der Waals surface area contributed by atoms with Crippen LogP contribution in [0.15, 0.2) is 0 Å². The number of hydrogen-bond donors (Lipinski definition) is 1. The van der Waals surface area contributed by atoms with Crippen LogP contribution < -0.4 is 5.32 Å². The molecule has 0 aromatic rings. The fourth-order valence-electron chi connectivity index (χ4n) is 6.35. The van der Waals surface area contributed by atoms with Crippen molar-refractivity contribution in [2.24, 2.45) is 29.1 Å². The quantitative estimate of drug-likeness (QED) is 0.835. The lowest BCUT2D eigenvalue weighted by atomic mass is 9.76. The third-order valence-corrected chi connectivity index (χ3v) is 7.34. The lowest BCUT2D eigenvalue weighted by molar-refractivity contribution is -0.190. The minimum atomic E-state index is 0.398. The van der Waals surface area contributed by atoms with E-state index in [2.05, 4.69) is 33.0 Å². The molecule has 8 atom stereocenters. The topological polar surface area (TPSA) is 21.3 Å². The van der Waals surface area contributed by atoms with Gasteiger partial charge < -0.3 is 10.1 Å². The van der Waals surface area contributed by atoms with E-state index in [1.54, 1.807) is 0 Å². The van der Waals surface area contributed by atoms with E-state index in [0.717, 1.165) is 35.8 Å². The van der Waals surface area contributed by atoms with E-state index >= 15 is 0 Å². The fourth-order valence-corrected chi connectivity index (χ4v) is 6.35. The smallest absolute Gasteiger partial charge is 0.0658 e. The highest BCUT2D eigenvalue weighted by atomic mass is 16.5. The van der Waals surface area contributed by atoms with Crippen molar-refractivity contribution in [1.82, 2.24) is 5.32 Å². The summed E-state index contributed by atoms with van der Waals surface area (Å²) in [7, 11) is 0. The Hall–Kier alpha value is -0.0800. The summed E-state index contributed by atoms with van der Waals surface area (Å²) in [6.07, 6.45) is 11.1. The molecule has 126 valence electrons. The van der Waals surface area contributed by atoms with Gasteiger partial charge >= 0.3 is 0 Å². The van der Waals surface area contributed by atoms with E-state index in [9.17, 15) is 0 Å². The molecule has 4 fully saturated rings. The maximum Gasteiger partial charge on any atom is 0.0658 e. The highest BCUT2D eigenvalue weighted by Gasteiger charge is 2.52. The van der Waals surface area contributed by atoms with Crippen LogP contribution in [-0.4, -0.2) is 24.3 Å². The van der Waals surface area contributed by atoms with Gasteiger partial charge in [-0.05, 0) is 55.3 Å². The summed E-state index contributed by atoms with van der Waals surface area (Å²) in [6.45, 7) is 9.72. The predicted octanol–water partition coefficient (Wildman–Crippen LogP) is 4.38. The average molecular weight is 306 g/mol. The molecular formula is C20H35NO. The first-order valence-corrected chi connectivity index (χ1v) is 9.86. The van der Waals surface area contributed by atoms with Crippen LogP contribution in [-0.2, 0) is 4.74 Å². The number of ether oxygens (including phenoxy) is 1. The zero-order chi connectivity index (χ0) is 15.5. The second-order valence-electron chi connectivity index (χ2n) is 9.82. The Morgan fingerprint density at radius 3 is 2.41 bits per heavy atom. The lowest BCUT2D eigenvalue weighted by Gasteiger charge is -2.45. The van der Waals surface area contributed by atoms with E-state index in [-0.39, 0.29) is 0 Å². The number of hydrogen-bond acceptors (Lipinski definition) is 2. The van der Waals surface area contributed by atoms with Crippen LogP contribution in [0.1, 0.15) is 72.6 Å². The molecule has 4 rings (SSSR count). The van der Waals surface area contributed by atoms with E-state index in [1.807, 2.05) is 0 Å². The van der Waals surface area contributed by atoms with Crippen LogP contribution in [0.3, 0.4) is 0 Å². The Bertz CT molecular complexity index is 414. The molecule has 2 saturated carbocycles. The molecule has 4 aliphatic rings. The number of nitrogens with one attached hydrogen (secondary N) is 1. The Morgan fingerprint density at radius 2 is 1.68 bits per heavy atom. The number of rotatable bonds is 3. The zero-order valence-corrected chi connectivity index (χ0v) is 15.0. The molecule has 2 aliphatic heterocycles. The molecule has 1 N–H and O–H groups in total. The second kappa shape index (κ2) is 5.48. The van der Waals surface area contributed by atoms with Gasteiger partial charge in [-0.3, -0.25) is 0 Å². The van der Waals surface area contributed by atoms with Gasteiger partial charge in [0.15, 0.2) is 0 Å². The molecule has 0 amide bonds. The van der Waals surface area contributed by atoms with Gasteiger partial charge in [-0.1, -0.05) is 40.5 Å². The van der Waals surface area contributed by atoms with Crippen molar-refractivity contribution in [3.8, 4) is 0 Å². The minimum absolute atomic E-state index is 0.398. The van der Waals surface area contributed by atoms with E-state index < -0.39 is 0 Å². The summed E-state index contributed by atoms with van der Waals surface area (Å²) in [4.78, 5) is 0. The van der Waals surface area contributed by atoms with E-state index in [4.69, 9.17) is 4.74 Å². The largest absolute Gasteiger partial charge is 0.374 e. The molecule has 0 aromatic heterocycles.